The number of nitrogens with zero attached hydrogens (tertiary/aromatic N) is 1. The fourth-order valence-electron chi connectivity index (χ4n) is 8.73. The van der Waals surface area contributed by atoms with Crippen LogP contribution in [0.4, 0.5) is 0 Å². The zero-order chi connectivity index (χ0) is 33.4. The Balaban J connectivity index is 1.03. The SMILES string of the molecule is CCCCCCCCCCCCCCCCCC(=O)O[C@@H](C)C(=O)OC1=CC[C@@]2(O)[C@H]3Cc4ccc(OC)c5c4[C@@]2(CCN3C)[C@H]1O5. The van der Waals surface area contributed by atoms with Gasteiger partial charge in [-0.2, -0.15) is 0 Å². The first-order chi connectivity index (χ1) is 22.8. The van der Waals surface area contributed by atoms with Gasteiger partial charge in [0.05, 0.1) is 18.1 Å². The summed E-state index contributed by atoms with van der Waals surface area (Å²) in [6.45, 7) is 4.61. The fourth-order valence-corrected chi connectivity index (χ4v) is 8.73. The quantitative estimate of drug-likeness (QED) is 0.113. The minimum Gasteiger partial charge on any atom is -0.493 e. The van der Waals surface area contributed by atoms with Crippen LogP contribution in [-0.4, -0.2) is 66.5 Å². The lowest BCUT2D eigenvalue weighted by Crippen LogP contribution is -2.74. The summed E-state index contributed by atoms with van der Waals surface area (Å²) in [5.41, 5.74) is 0.298. The molecular formula is C39H59NO7. The van der Waals surface area contributed by atoms with Crippen molar-refractivity contribution in [2.24, 2.45) is 0 Å². The molecule has 8 heteroatoms. The second kappa shape index (κ2) is 16.2. The van der Waals surface area contributed by atoms with Crippen LogP contribution in [0.1, 0.15) is 141 Å². The molecule has 1 fully saturated rings. The smallest absolute Gasteiger partial charge is 0.352 e. The largest absolute Gasteiger partial charge is 0.493 e. The maximum absolute atomic E-state index is 13.2. The monoisotopic (exact) mass is 653 g/mol. The molecule has 2 heterocycles. The van der Waals surface area contributed by atoms with Crippen molar-refractivity contribution in [3.63, 3.8) is 0 Å². The average Bonchev–Trinajstić information content (AvgIpc) is 3.42. The van der Waals surface area contributed by atoms with Crippen molar-refractivity contribution in [3.05, 3.63) is 35.1 Å². The highest BCUT2D eigenvalue weighted by Crippen LogP contribution is 2.65. The van der Waals surface area contributed by atoms with Crippen LogP contribution in [0.3, 0.4) is 0 Å². The number of hydrogen-bond donors (Lipinski definition) is 1. The molecule has 5 rings (SSSR count). The number of ether oxygens (including phenoxy) is 4. The molecule has 2 aliphatic heterocycles. The predicted octanol–water partition coefficient (Wildman–Crippen LogP) is 7.71. The third-order valence-corrected chi connectivity index (χ3v) is 11.4. The maximum atomic E-state index is 13.2. The number of benzene rings is 1. The Bertz CT molecular complexity index is 1260. The van der Waals surface area contributed by atoms with Gasteiger partial charge in [-0.1, -0.05) is 103 Å². The number of carbonyl (C=O) groups is 2. The second-order valence-electron chi connectivity index (χ2n) is 14.5. The number of piperidine rings is 1. The Morgan fingerprint density at radius 3 is 2.21 bits per heavy atom. The van der Waals surface area contributed by atoms with Crippen LogP contribution in [0.15, 0.2) is 24.0 Å². The van der Waals surface area contributed by atoms with Crippen molar-refractivity contribution in [2.75, 3.05) is 20.7 Å². The van der Waals surface area contributed by atoms with Gasteiger partial charge in [0.25, 0.3) is 0 Å². The molecule has 5 atom stereocenters. The average molecular weight is 654 g/mol. The summed E-state index contributed by atoms with van der Waals surface area (Å²) in [6.07, 6.45) is 21.1. The Morgan fingerprint density at radius 2 is 1.60 bits per heavy atom. The molecule has 0 aromatic heterocycles. The molecule has 2 bridgehead atoms. The van der Waals surface area contributed by atoms with Gasteiger partial charge < -0.3 is 29.0 Å². The van der Waals surface area contributed by atoms with E-state index in [0.29, 0.717) is 42.9 Å². The zero-order valence-electron chi connectivity index (χ0n) is 29.5. The first kappa shape index (κ1) is 35.7. The van der Waals surface area contributed by atoms with Gasteiger partial charge in [-0.3, -0.25) is 4.79 Å². The van der Waals surface area contributed by atoms with E-state index in [9.17, 15) is 14.7 Å². The van der Waals surface area contributed by atoms with E-state index in [0.717, 1.165) is 36.9 Å². The first-order valence-corrected chi connectivity index (χ1v) is 18.7. The zero-order valence-corrected chi connectivity index (χ0v) is 29.5. The lowest BCUT2D eigenvalue weighted by Gasteiger charge is -2.61. The number of rotatable bonds is 20. The van der Waals surface area contributed by atoms with E-state index in [-0.39, 0.29) is 12.0 Å². The van der Waals surface area contributed by atoms with Crippen molar-refractivity contribution in [3.8, 4) is 11.5 Å². The van der Waals surface area contributed by atoms with Crippen LogP contribution in [0.2, 0.25) is 0 Å². The van der Waals surface area contributed by atoms with Crippen molar-refractivity contribution in [1.82, 2.24) is 4.90 Å². The van der Waals surface area contributed by atoms with E-state index in [1.807, 2.05) is 6.07 Å². The van der Waals surface area contributed by atoms with Gasteiger partial charge in [-0.15, -0.1) is 0 Å². The first-order valence-electron chi connectivity index (χ1n) is 18.7. The highest BCUT2D eigenvalue weighted by atomic mass is 16.6. The van der Waals surface area contributed by atoms with Crippen LogP contribution in [0.5, 0.6) is 11.5 Å². The molecule has 0 unspecified atom stereocenters. The van der Waals surface area contributed by atoms with Crippen LogP contribution in [0, 0.1) is 0 Å². The Kier molecular flexibility index (Phi) is 12.3. The van der Waals surface area contributed by atoms with E-state index in [1.165, 1.54) is 77.0 Å². The molecule has 262 valence electrons. The summed E-state index contributed by atoms with van der Waals surface area (Å²) in [7, 11) is 3.67. The van der Waals surface area contributed by atoms with Crippen molar-refractivity contribution in [2.45, 2.75) is 165 Å². The number of esters is 2. The maximum Gasteiger partial charge on any atom is 0.352 e. The van der Waals surface area contributed by atoms with E-state index in [4.69, 9.17) is 18.9 Å². The standard InChI is InChI=1S/C39H59NO7/c1-5-6-7-8-9-10-11-12-13-14-15-16-17-18-19-20-33(41)45-28(2)37(42)46-31-23-24-39(43)32-27-29-21-22-30(44-4)35-34(29)38(39,36(31)47-35)25-26-40(32)3/h21-23,28,32,36,43H,5-20,24-27H2,1-4H3/t28-,32+,36-,38-,39+/m0/s1. The number of methoxy groups -OCH3 is 1. The third-order valence-electron chi connectivity index (χ3n) is 11.4. The van der Waals surface area contributed by atoms with Crippen molar-refractivity contribution in [1.29, 1.82) is 0 Å². The summed E-state index contributed by atoms with van der Waals surface area (Å²) < 4.78 is 23.6. The molecule has 1 aromatic rings. The molecule has 1 aromatic carbocycles. The van der Waals surface area contributed by atoms with Gasteiger partial charge in [-0.05, 0) is 57.5 Å². The topological polar surface area (TPSA) is 94.5 Å². The van der Waals surface area contributed by atoms with E-state index < -0.39 is 29.2 Å². The number of carbonyl (C=O) groups excluding carboxylic acids is 2. The summed E-state index contributed by atoms with van der Waals surface area (Å²) in [4.78, 5) is 28.0. The Morgan fingerprint density at radius 1 is 0.979 bits per heavy atom. The summed E-state index contributed by atoms with van der Waals surface area (Å²) in [6, 6.07) is 3.90. The molecule has 1 N–H and O–H groups in total. The highest BCUT2D eigenvalue weighted by molar-refractivity contribution is 5.80. The van der Waals surface area contributed by atoms with Gasteiger partial charge in [0.2, 0.25) is 0 Å². The van der Waals surface area contributed by atoms with Gasteiger partial charge in [0, 0.05) is 24.4 Å². The fraction of sp³-hybridized carbons (Fsp3) is 0.744. The molecule has 1 saturated heterocycles. The van der Waals surface area contributed by atoms with Crippen molar-refractivity contribution >= 4 is 11.9 Å². The minimum absolute atomic E-state index is 0.0812. The molecule has 0 saturated carbocycles. The summed E-state index contributed by atoms with van der Waals surface area (Å²) in [5.74, 6) is 0.607. The molecule has 2 aliphatic carbocycles. The van der Waals surface area contributed by atoms with E-state index >= 15 is 0 Å². The number of aliphatic hydroxyl groups is 1. The number of unbranched alkanes of at least 4 members (excludes halogenated alkanes) is 14. The highest BCUT2D eigenvalue weighted by Gasteiger charge is 2.72. The van der Waals surface area contributed by atoms with Crippen LogP contribution < -0.4 is 9.47 Å². The molecule has 8 nitrogen and oxygen atoms in total. The van der Waals surface area contributed by atoms with Gasteiger partial charge in [0.15, 0.2) is 23.7 Å². The normalized spacial score (nSPS) is 26.2. The summed E-state index contributed by atoms with van der Waals surface area (Å²) in [5, 5.41) is 12.3. The van der Waals surface area contributed by atoms with Crippen molar-refractivity contribution < 1.29 is 33.6 Å². The lowest BCUT2D eigenvalue weighted by molar-refractivity contribution is -0.175. The molecule has 1 spiro atoms. The molecule has 0 amide bonds. The molecule has 47 heavy (non-hydrogen) atoms. The molecule has 0 radical (unpaired) electrons. The number of likely N-dealkylation sites (N-methyl/N-ethyl adjacent to an activating group) is 1. The van der Waals surface area contributed by atoms with Crippen LogP contribution in [-0.2, 0) is 30.9 Å². The van der Waals surface area contributed by atoms with Gasteiger partial charge in [0.1, 0.15) is 5.76 Å². The second-order valence-corrected chi connectivity index (χ2v) is 14.5. The van der Waals surface area contributed by atoms with Crippen LogP contribution >= 0.6 is 0 Å². The Hall–Kier alpha value is -2.58. The number of hydrogen-bond acceptors (Lipinski definition) is 8. The molecular weight excluding hydrogens is 594 g/mol. The van der Waals surface area contributed by atoms with Gasteiger partial charge in [-0.25, -0.2) is 4.79 Å². The molecule has 4 aliphatic rings. The third kappa shape index (κ3) is 7.39. The van der Waals surface area contributed by atoms with Crippen LogP contribution in [0.25, 0.3) is 0 Å². The van der Waals surface area contributed by atoms with E-state index in [2.05, 4.69) is 24.9 Å². The summed E-state index contributed by atoms with van der Waals surface area (Å²) >= 11 is 0. The minimum atomic E-state index is -1.07. The van der Waals surface area contributed by atoms with E-state index in [1.54, 1.807) is 20.1 Å². The Labute approximate surface area is 282 Å². The van der Waals surface area contributed by atoms with Gasteiger partial charge >= 0.3 is 11.9 Å². The lowest BCUT2D eigenvalue weighted by atomic mass is 9.50. The predicted molar refractivity (Wildman–Crippen MR) is 183 cm³/mol. The number of likely N-dealkylation sites (tertiary alicyclic amines) is 1.